The molecule has 0 spiro atoms. The van der Waals surface area contributed by atoms with Crippen molar-refractivity contribution < 1.29 is 4.79 Å². The summed E-state index contributed by atoms with van der Waals surface area (Å²) in [4.78, 5) is 19.2. The van der Waals surface area contributed by atoms with Crippen LogP contribution < -0.4 is 5.32 Å². The smallest absolute Gasteiger partial charge is 0.315 e. The van der Waals surface area contributed by atoms with Crippen molar-refractivity contribution in [1.82, 2.24) is 20.1 Å². The van der Waals surface area contributed by atoms with Crippen molar-refractivity contribution in [2.75, 3.05) is 12.4 Å². The van der Waals surface area contributed by atoms with Gasteiger partial charge in [-0.15, -0.1) is 10.2 Å². The Kier molecular flexibility index (Phi) is 6.14. The van der Waals surface area contributed by atoms with Crippen molar-refractivity contribution in [1.29, 1.82) is 0 Å². The van der Waals surface area contributed by atoms with E-state index in [0.29, 0.717) is 11.0 Å². The first-order valence-electron chi connectivity index (χ1n) is 10.1. The Labute approximate surface area is 175 Å². The third-order valence-corrected chi connectivity index (χ3v) is 6.40. The highest BCUT2D eigenvalue weighted by atomic mass is 32.1. The first-order valence-corrected chi connectivity index (χ1v) is 10.9. The second-order valence-electron chi connectivity index (χ2n) is 7.39. The molecule has 7 heteroatoms. The molecule has 2 heterocycles. The van der Waals surface area contributed by atoms with Crippen LogP contribution >= 0.6 is 11.3 Å². The lowest BCUT2D eigenvalue weighted by Crippen LogP contribution is -2.35. The molecule has 1 aliphatic carbocycles. The summed E-state index contributed by atoms with van der Waals surface area (Å²) in [5, 5.41) is 13.1. The highest BCUT2D eigenvalue weighted by Gasteiger charge is 2.26. The SMILES string of the molecule is CN(C(=O)Nc1nnc(C2CCCCC2)s1)C(c1ccccc1)c1ccccn1. The Balaban J connectivity index is 1.51. The molecule has 0 bridgehead atoms. The monoisotopic (exact) mass is 407 g/mol. The van der Waals surface area contributed by atoms with Gasteiger partial charge in [-0.3, -0.25) is 10.3 Å². The predicted molar refractivity (Wildman–Crippen MR) is 115 cm³/mol. The van der Waals surface area contributed by atoms with Crippen molar-refractivity contribution in [2.45, 2.75) is 44.1 Å². The van der Waals surface area contributed by atoms with Crippen LogP contribution in [0, 0.1) is 0 Å². The average molecular weight is 408 g/mol. The summed E-state index contributed by atoms with van der Waals surface area (Å²) in [5.74, 6) is 0.482. The summed E-state index contributed by atoms with van der Waals surface area (Å²) < 4.78 is 0. The second-order valence-corrected chi connectivity index (χ2v) is 8.40. The number of nitrogens with one attached hydrogen (secondary N) is 1. The highest BCUT2D eigenvalue weighted by molar-refractivity contribution is 7.15. The molecule has 4 rings (SSSR count). The van der Waals surface area contributed by atoms with Gasteiger partial charge in [-0.25, -0.2) is 4.79 Å². The number of amides is 2. The number of hydrogen-bond donors (Lipinski definition) is 1. The molecule has 1 saturated carbocycles. The van der Waals surface area contributed by atoms with Gasteiger partial charge in [-0.1, -0.05) is 67.0 Å². The van der Waals surface area contributed by atoms with Crippen LogP contribution in [0.15, 0.2) is 54.7 Å². The summed E-state index contributed by atoms with van der Waals surface area (Å²) >= 11 is 1.49. The zero-order valence-corrected chi connectivity index (χ0v) is 17.3. The van der Waals surface area contributed by atoms with Crippen molar-refractivity contribution in [3.63, 3.8) is 0 Å². The van der Waals surface area contributed by atoms with Crippen LogP contribution in [-0.4, -0.2) is 33.2 Å². The molecule has 0 aliphatic heterocycles. The molecule has 1 aliphatic rings. The van der Waals surface area contributed by atoms with E-state index in [-0.39, 0.29) is 12.1 Å². The lowest BCUT2D eigenvalue weighted by Gasteiger charge is -2.28. The molecule has 6 nitrogen and oxygen atoms in total. The van der Waals surface area contributed by atoms with Crippen LogP contribution in [0.25, 0.3) is 0 Å². The van der Waals surface area contributed by atoms with Gasteiger partial charge in [0.15, 0.2) is 0 Å². The normalized spacial score (nSPS) is 15.6. The molecule has 0 radical (unpaired) electrons. The second kappa shape index (κ2) is 9.13. The van der Waals surface area contributed by atoms with E-state index in [0.717, 1.165) is 29.1 Å². The molecule has 1 N–H and O–H groups in total. The Morgan fingerprint density at radius 3 is 2.55 bits per heavy atom. The Morgan fingerprint density at radius 2 is 1.83 bits per heavy atom. The van der Waals surface area contributed by atoms with Crippen LogP contribution in [-0.2, 0) is 0 Å². The van der Waals surface area contributed by atoms with E-state index in [1.54, 1.807) is 18.1 Å². The summed E-state index contributed by atoms with van der Waals surface area (Å²) in [5.41, 5.74) is 1.82. The maximum atomic E-state index is 13.0. The predicted octanol–water partition coefficient (Wildman–Crippen LogP) is 5.23. The lowest BCUT2D eigenvalue weighted by atomic mass is 9.90. The number of nitrogens with zero attached hydrogens (tertiary/aromatic N) is 4. The van der Waals surface area contributed by atoms with Gasteiger partial charge < -0.3 is 4.90 Å². The maximum Gasteiger partial charge on any atom is 0.324 e. The zero-order chi connectivity index (χ0) is 20.1. The zero-order valence-electron chi connectivity index (χ0n) is 16.5. The number of aromatic nitrogens is 3. The first-order chi connectivity index (χ1) is 14.2. The van der Waals surface area contributed by atoms with Crippen LogP contribution in [0.1, 0.15) is 60.3 Å². The van der Waals surface area contributed by atoms with Gasteiger partial charge in [0, 0.05) is 19.2 Å². The molecule has 150 valence electrons. The fourth-order valence-corrected chi connectivity index (χ4v) is 4.76. The number of carbonyl (C=O) groups is 1. The van der Waals surface area contributed by atoms with Gasteiger partial charge in [-0.2, -0.15) is 0 Å². The van der Waals surface area contributed by atoms with Crippen LogP contribution in [0.3, 0.4) is 0 Å². The summed E-state index contributed by atoms with van der Waals surface area (Å²) in [6.07, 6.45) is 7.88. The third kappa shape index (κ3) is 4.62. The molecule has 1 fully saturated rings. The number of urea groups is 1. The number of hydrogen-bond acceptors (Lipinski definition) is 5. The molecule has 1 aromatic carbocycles. The van der Waals surface area contributed by atoms with E-state index in [2.05, 4.69) is 20.5 Å². The number of pyridine rings is 1. The summed E-state index contributed by atoms with van der Waals surface area (Å²) in [7, 11) is 1.78. The molecule has 2 aromatic heterocycles. The molecular formula is C22H25N5OS. The van der Waals surface area contributed by atoms with Gasteiger partial charge in [0.25, 0.3) is 0 Å². The molecule has 1 atom stereocenters. The van der Waals surface area contributed by atoms with Crippen molar-refractivity contribution in [3.05, 3.63) is 71.0 Å². The fourth-order valence-electron chi connectivity index (χ4n) is 3.86. The first kappa shape index (κ1) is 19.5. The van der Waals surface area contributed by atoms with Gasteiger partial charge >= 0.3 is 6.03 Å². The Morgan fingerprint density at radius 1 is 1.07 bits per heavy atom. The van der Waals surface area contributed by atoms with Gasteiger partial charge in [-0.05, 0) is 30.5 Å². The summed E-state index contributed by atoms with van der Waals surface area (Å²) in [6.45, 7) is 0. The molecule has 1 unspecified atom stereocenters. The topological polar surface area (TPSA) is 71.0 Å². The van der Waals surface area contributed by atoms with E-state index in [1.165, 1.54) is 30.6 Å². The highest BCUT2D eigenvalue weighted by Crippen LogP contribution is 2.35. The van der Waals surface area contributed by atoms with Crippen LogP contribution in [0.2, 0.25) is 0 Å². The van der Waals surface area contributed by atoms with Crippen molar-refractivity contribution in [3.8, 4) is 0 Å². The largest absolute Gasteiger partial charge is 0.324 e. The van der Waals surface area contributed by atoms with E-state index in [9.17, 15) is 4.79 Å². The fraction of sp³-hybridized carbons (Fsp3) is 0.364. The van der Waals surface area contributed by atoms with Crippen molar-refractivity contribution >= 4 is 22.5 Å². The van der Waals surface area contributed by atoms with Crippen LogP contribution in [0.5, 0.6) is 0 Å². The quantitative estimate of drug-likeness (QED) is 0.628. The van der Waals surface area contributed by atoms with Crippen LogP contribution in [0.4, 0.5) is 9.93 Å². The lowest BCUT2D eigenvalue weighted by molar-refractivity contribution is 0.211. The Bertz CT molecular complexity index is 885. The minimum atomic E-state index is -0.289. The van der Waals surface area contributed by atoms with E-state index in [1.807, 2.05) is 48.5 Å². The third-order valence-electron chi connectivity index (χ3n) is 5.40. The van der Waals surface area contributed by atoms with E-state index < -0.39 is 0 Å². The van der Waals surface area contributed by atoms with Gasteiger partial charge in [0.1, 0.15) is 11.0 Å². The number of carbonyl (C=O) groups excluding carboxylic acids is 1. The van der Waals surface area contributed by atoms with Crippen molar-refractivity contribution in [2.24, 2.45) is 0 Å². The summed E-state index contributed by atoms with van der Waals surface area (Å²) in [6, 6.07) is 15.2. The molecular weight excluding hydrogens is 382 g/mol. The molecule has 29 heavy (non-hydrogen) atoms. The molecule has 0 saturated heterocycles. The minimum Gasteiger partial charge on any atom is -0.315 e. The maximum absolute atomic E-state index is 13.0. The minimum absolute atomic E-state index is 0.226. The van der Waals surface area contributed by atoms with E-state index in [4.69, 9.17) is 0 Å². The number of anilines is 1. The van der Waals surface area contributed by atoms with Gasteiger partial charge in [0.2, 0.25) is 5.13 Å². The van der Waals surface area contributed by atoms with E-state index >= 15 is 0 Å². The number of benzene rings is 1. The standard InChI is InChI=1S/C22H25N5OS/c1-27(19(16-10-4-2-5-11-16)18-14-8-9-15-23-18)22(28)24-21-26-25-20(29-21)17-12-6-3-7-13-17/h2,4-5,8-11,14-15,17,19H,3,6-7,12-13H2,1H3,(H,24,26,28). The van der Waals surface area contributed by atoms with Gasteiger partial charge in [0.05, 0.1) is 5.69 Å². The Hall–Kier alpha value is -2.80. The molecule has 2 amide bonds. The average Bonchev–Trinajstić information content (AvgIpc) is 3.24. The molecule has 3 aromatic rings. The number of rotatable bonds is 5.